The van der Waals surface area contributed by atoms with Crippen LogP contribution in [0, 0.1) is 0 Å². The third-order valence-electron chi connectivity index (χ3n) is 3.10. The van der Waals surface area contributed by atoms with Gasteiger partial charge in [-0.3, -0.25) is 19.1 Å². The molecular weight excluding hydrogens is 286 g/mol. The van der Waals surface area contributed by atoms with E-state index < -0.39 is 11.2 Å². The van der Waals surface area contributed by atoms with E-state index >= 15 is 0 Å². The van der Waals surface area contributed by atoms with Crippen LogP contribution in [0.1, 0.15) is 6.92 Å². The van der Waals surface area contributed by atoms with Crippen LogP contribution in [0.5, 0.6) is 5.75 Å². The molecule has 1 aromatic heterocycles. The summed E-state index contributed by atoms with van der Waals surface area (Å²) in [7, 11) is 1.61. The highest BCUT2D eigenvalue weighted by Crippen LogP contribution is 2.27. The van der Waals surface area contributed by atoms with Crippen molar-refractivity contribution in [2.24, 2.45) is 0 Å². The average Bonchev–Trinajstić information content (AvgIpc) is 2.50. The molecule has 0 aliphatic rings. The molecule has 116 valence electrons. The van der Waals surface area contributed by atoms with Crippen LogP contribution in [-0.4, -0.2) is 29.1 Å². The lowest BCUT2D eigenvalue weighted by Crippen LogP contribution is -2.36. The quantitative estimate of drug-likeness (QED) is 0.876. The fourth-order valence-corrected chi connectivity index (χ4v) is 1.97. The molecule has 0 saturated heterocycles. The van der Waals surface area contributed by atoms with Gasteiger partial charge in [0.1, 0.15) is 12.3 Å². The minimum Gasteiger partial charge on any atom is -0.492 e. The van der Waals surface area contributed by atoms with Gasteiger partial charge in [-0.25, -0.2) is 4.79 Å². The second kappa shape index (κ2) is 6.75. The van der Waals surface area contributed by atoms with Crippen molar-refractivity contribution in [3.8, 4) is 5.75 Å². The van der Waals surface area contributed by atoms with Gasteiger partial charge in [-0.1, -0.05) is 12.1 Å². The van der Waals surface area contributed by atoms with Crippen LogP contribution in [0.4, 0.5) is 5.69 Å². The van der Waals surface area contributed by atoms with Gasteiger partial charge in [-0.05, 0) is 19.1 Å². The predicted octanol–water partition coefficient (Wildman–Crippen LogP) is 0.598. The molecule has 0 aliphatic carbocycles. The van der Waals surface area contributed by atoms with Crippen LogP contribution in [0.3, 0.4) is 0 Å². The average molecular weight is 303 g/mol. The molecule has 7 nitrogen and oxygen atoms in total. The lowest BCUT2D eigenvalue weighted by Gasteiger charge is -2.20. The maximum absolute atomic E-state index is 12.3. The number of nitrogens with one attached hydrogen (secondary N) is 1. The van der Waals surface area contributed by atoms with Crippen LogP contribution < -0.4 is 20.9 Å². The molecule has 0 aliphatic heterocycles. The second-order valence-electron chi connectivity index (χ2n) is 4.59. The Morgan fingerprint density at radius 2 is 2.00 bits per heavy atom. The summed E-state index contributed by atoms with van der Waals surface area (Å²) in [5, 5.41) is 0. The number of aromatic amines is 1. The van der Waals surface area contributed by atoms with Crippen molar-refractivity contribution in [3.05, 3.63) is 57.4 Å². The molecule has 1 N–H and O–H groups in total. The van der Waals surface area contributed by atoms with Crippen molar-refractivity contribution in [2.45, 2.75) is 13.5 Å². The number of likely N-dealkylation sites (N-methyl/N-ethyl adjacent to an activating group) is 1. The molecular formula is C15H17N3O4. The monoisotopic (exact) mass is 303 g/mol. The van der Waals surface area contributed by atoms with E-state index in [1.54, 1.807) is 25.2 Å². The number of para-hydroxylation sites is 2. The Morgan fingerprint density at radius 3 is 2.68 bits per heavy atom. The second-order valence-corrected chi connectivity index (χ2v) is 4.59. The Labute approximate surface area is 126 Å². The summed E-state index contributed by atoms with van der Waals surface area (Å²) in [4.78, 5) is 38.5. The van der Waals surface area contributed by atoms with Crippen LogP contribution in [0.25, 0.3) is 0 Å². The van der Waals surface area contributed by atoms with Gasteiger partial charge < -0.3 is 9.64 Å². The molecule has 0 fully saturated rings. The Hall–Kier alpha value is -2.83. The number of hydrogen-bond donors (Lipinski definition) is 1. The lowest BCUT2D eigenvalue weighted by atomic mass is 10.2. The number of carbonyl (C=O) groups excluding carboxylic acids is 1. The summed E-state index contributed by atoms with van der Waals surface area (Å²) in [5.74, 6) is 0.288. The Bertz CT molecular complexity index is 779. The first-order chi connectivity index (χ1) is 10.5. The Morgan fingerprint density at radius 1 is 1.27 bits per heavy atom. The summed E-state index contributed by atoms with van der Waals surface area (Å²) in [6, 6.07) is 8.35. The molecule has 1 heterocycles. The van der Waals surface area contributed by atoms with Gasteiger partial charge in [0.25, 0.3) is 5.56 Å². The van der Waals surface area contributed by atoms with Gasteiger partial charge in [-0.2, -0.15) is 0 Å². The smallest absolute Gasteiger partial charge is 0.328 e. The molecule has 1 amide bonds. The highest BCUT2D eigenvalue weighted by atomic mass is 16.5. The zero-order valence-corrected chi connectivity index (χ0v) is 12.4. The number of benzene rings is 1. The van der Waals surface area contributed by atoms with Gasteiger partial charge in [-0.15, -0.1) is 0 Å². The van der Waals surface area contributed by atoms with E-state index in [0.717, 1.165) is 4.57 Å². The van der Waals surface area contributed by atoms with Crippen LogP contribution in [0.15, 0.2) is 46.1 Å². The first kappa shape index (κ1) is 15.6. The number of anilines is 1. The molecule has 2 aromatic rings. The summed E-state index contributed by atoms with van der Waals surface area (Å²) in [6.07, 6.45) is 1.29. The van der Waals surface area contributed by atoms with Crippen molar-refractivity contribution < 1.29 is 9.53 Å². The zero-order valence-electron chi connectivity index (χ0n) is 12.4. The summed E-state index contributed by atoms with van der Waals surface area (Å²) in [6.45, 7) is 2.17. The zero-order chi connectivity index (χ0) is 16.1. The number of nitrogens with zero attached hydrogens (tertiary/aromatic N) is 2. The number of H-pyrrole nitrogens is 1. The third kappa shape index (κ3) is 3.43. The predicted molar refractivity (Wildman–Crippen MR) is 82.3 cm³/mol. The van der Waals surface area contributed by atoms with E-state index in [2.05, 4.69) is 4.98 Å². The molecule has 7 heteroatoms. The molecule has 22 heavy (non-hydrogen) atoms. The van der Waals surface area contributed by atoms with Crippen LogP contribution in [0.2, 0.25) is 0 Å². The molecule has 0 spiro atoms. The van der Waals surface area contributed by atoms with Gasteiger partial charge in [0.05, 0.1) is 12.3 Å². The van der Waals surface area contributed by atoms with Crippen molar-refractivity contribution in [1.82, 2.24) is 9.55 Å². The maximum Gasteiger partial charge on any atom is 0.328 e. The number of ether oxygens (including phenoxy) is 1. The Balaban J connectivity index is 2.22. The molecule has 0 unspecified atom stereocenters. The van der Waals surface area contributed by atoms with E-state index in [4.69, 9.17) is 4.74 Å². The first-order valence-electron chi connectivity index (χ1n) is 6.81. The van der Waals surface area contributed by atoms with Crippen molar-refractivity contribution in [2.75, 3.05) is 18.6 Å². The topological polar surface area (TPSA) is 84.4 Å². The van der Waals surface area contributed by atoms with E-state index in [1.807, 2.05) is 13.0 Å². The van der Waals surface area contributed by atoms with Gasteiger partial charge in [0.2, 0.25) is 5.91 Å². The van der Waals surface area contributed by atoms with Gasteiger partial charge in [0.15, 0.2) is 0 Å². The molecule has 0 radical (unpaired) electrons. The highest BCUT2D eigenvalue weighted by molar-refractivity contribution is 5.94. The van der Waals surface area contributed by atoms with Crippen molar-refractivity contribution in [1.29, 1.82) is 0 Å². The third-order valence-corrected chi connectivity index (χ3v) is 3.10. The van der Waals surface area contributed by atoms with Gasteiger partial charge in [0, 0.05) is 19.3 Å². The number of amides is 1. The SMILES string of the molecule is CCOc1ccccc1N(C)C(=O)Cn1ccc(=O)[nH]c1=O. The number of rotatable bonds is 5. The molecule has 0 bridgehead atoms. The molecule has 1 aromatic carbocycles. The molecule has 0 atom stereocenters. The first-order valence-corrected chi connectivity index (χ1v) is 6.81. The maximum atomic E-state index is 12.3. The minimum absolute atomic E-state index is 0.174. The molecule has 0 saturated carbocycles. The summed E-state index contributed by atoms with van der Waals surface area (Å²) < 4.78 is 6.63. The van der Waals surface area contributed by atoms with E-state index in [1.165, 1.54) is 17.2 Å². The van der Waals surface area contributed by atoms with Crippen LogP contribution in [-0.2, 0) is 11.3 Å². The van der Waals surface area contributed by atoms with Crippen molar-refractivity contribution >= 4 is 11.6 Å². The minimum atomic E-state index is -0.618. The normalized spacial score (nSPS) is 10.3. The van der Waals surface area contributed by atoms with E-state index in [9.17, 15) is 14.4 Å². The Kier molecular flexibility index (Phi) is 4.77. The summed E-state index contributed by atoms with van der Waals surface area (Å²) in [5.41, 5.74) is -0.497. The van der Waals surface area contributed by atoms with E-state index in [0.29, 0.717) is 18.0 Å². The summed E-state index contributed by atoms with van der Waals surface area (Å²) >= 11 is 0. The molecule has 2 rings (SSSR count). The standard InChI is InChI=1S/C15H17N3O4/c1-3-22-12-7-5-4-6-11(12)17(2)14(20)10-18-9-8-13(19)16-15(18)21/h4-9H,3,10H2,1-2H3,(H,16,19,21). The fourth-order valence-electron chi connectivity index (χ4n) is 1.97. The fraction of sp³-hybridized carbons (Fsp3) is 0.267. The number of hydrogen-bond acceptors (Lipinski definition) is 4. The number of aromatic nitrogens is 2. The highest BCUT2D eigenvalue weighted by Gasteiger charge is 2.16. The lowest BCUT2D eigenvalue weighted by molar-refractivity contribution is -0.119. The largest absolute Gasteiger partial charge is 0.492 e. The number of carbonyl (C=O) groups is 1. The van der Waals surface area contributed by atoms with Crippen molar-refractivity contribution in [3.63, 3.8) is 0 Å². The van der Waals surface area contributed by atoms with E-state index in [-0.39, 0.29) is 12.5 Å². The van der Waals surface area contributed by atoms with Crippen LogP contribution >= 0.6 is 0 Å². The van der Waals surface area contributed by atoms with Gasteiger partial charge >= 0.3 is 5.69 Å².